The molecule has 0 aliphatic heterocycles. The van der Waals surface area contributed by atoms with Crippen LogP contribution in [-0.2, 0) is 18.4 Å². The van der Waals surface area contributed by atoms with Crippen molar-refractivity contribution in [1.29, 1.82) is 0 Å². The van der Waals surface area contributed by atoms with E-state index in [0.717, 1.165) is 44.9 Å². The number of allylic oxidation sites excluding steroid dienone is 3. The fourth-order valence-corrected chi connectivity index (χ4v) is 8.58. The number of carbonyl (C=O) groups excluding carboxylic acids is 1. The average Bonchev–Trinajstić information content (AvgIpc) is 3.22. The molecule has 1 saturated carbocycles. The first-order valence-corrected chi connectivity index (χ1v) is 25.4. The summed E-state index contributed by atoms with van der Waals surface area (Å²) in [6, 6.07) is -1.25. The fraction of sp³-hybridized carbons (Fsp3) is 0.891. The Morgan fingerprint density at radius 2 is 0.983 bits per heavy atom. The van der Waals surface area contributed by atoms with Crippen molar-refractivity contribution >= 4 is 13.7 Å². The van der Waals surface area contributed by atoms with E-state index in [1.165, 1.54) is 128 Å². The SMILES string of the molecule is CCCCCCCCCCCCCCCC/C=C/CC/C=C/C(O)C(COP(=O)(O)OC1C(O)C(O)C(O)C(O)C1O)NC(=O)CC(O)CCCCCCCCCCCC. The van der Waals surface area contributed by atoms with Crippen LogP contribution in [0.25, 0.3) is 0 Å². The number of amides is 1. The number of unbranched alkanes of at least 4 members (excludes halogenated alkanes) is 24. The van der Waals surface area contributed by atoms with Crippen LogP contribution < -0.4 is 5.32 Å². The maximum atomic E-state index is 13.0. The molecule has 14 heteroatoms. The summed E-state index contributed by atoms with van der Waals surface area (Å²) in [6.45, 7) is 3.71. The molecule has 0 bridgehead atoms. The predicted octanol–water partition coefficient (Wildman–Crippen LogP) is 7.98. The highest BCUT2D eigenvalue weighted by Crippen LogP contribution is 2.47. The Morgan fingerprint density at radius 1 is 0.583 bits per heavy atom. The molecule has 1 aliphatic rings. The van der Waals surface area contributed by atoms with Crippen LogP contribution in [0.1, 0.15) is 200 Å². The summed E-state index contributed by atoms with van der Waals surface area (Å²) in [5.74, 6) is -0.603. The number of phosphoric ester groups is 1. The second-order valence-corrected chi connectivity index (χ2v) is 18.5. The fourth-order valence-electron chi connectivity index (χ4n) is 7.61. The molecule has 0 radical (unpaired) electrons. The van der Waals surface area contributed by atoms with Gasteiger partial charge in [0.05, 0.1) is 31.3 Å². The summed E-state index contributed by atoms with van der Waals surface area (Å²) in [6.07, 6.45) is 25.7. The maximum absolute atomic E-state index is 13.0. The minimum atomic E-state index is -5.14. The number of aliphatic hydroxyl groups is 7. The molecule has 0 heterocycles. The Kier molecular flexibility index (Phi) is 34.2. The number of rotatable bonds is 39. The summed E-state index contributed by atoms with van der Waals surface area (Å²) >= 11 is 0. The van der Waals surface area contributed by atoms with Crippen LogP contribution in [-0.4, -0.2) is 108 Å². The van der Waals surface area contributed by atoms with Crippen LogP contribution in [0.3, 0.4) is 0 Å². The van der Waals surface area contributed by atoms with Crippen LogP contribution in [0.2, 0.25) is 0 Å². The average molecular weight is 878 g/mol. The molecule has 1 amide bonds. The summed E-state index contributed by atoms with van der Waals surface area (Å²) < 4.78 is 22.8. The van der Waals surface area contributed by atoms with Crippen LogP contribution in [0.4, 0.5) is 0 Å². The molecule has 1 rings (SSSR count). The van der Waals surface area contributed by atoms with Gasteiger partial charge in [-0.1, -0.05) is 186 Å². The van der Waals surface area contributed by atoms with E-state index in [1.54, 1.807) is 6.08 Å². The number of aliphatic hydroxyl groups excluding tert-OH is 7. The van der Waals surface area contributed by atoms with Gasteiger partial charge in [0.1, 0.15) is 36.6 Å². The topological polar surface area (TPSA) is 226 Å². The van der Waals surface area contributed by atoms with Crippen molar-refractivity contribution in [2.45, 2.75) is 255 Å². The zero-order chi connectivity index (χ0) is 44.4. The van der Waals surface area contributed by atoms with Gasteiger partial charge in [-0.2, -0.15) is 0 Å². The molecular weight excluding hydrogens is 789 g/mol. The second-order valence-electron chi connectivity index (χ2n) is 17.1. The van der Waals surface area contributed by atoms with Crippen molar-refractivity contribution < 1.29 is 59.0 Å². The number of carbonyl (C=O) groups is 1. The van der Waals surface area contributed by atoms with E-state index in [4.69, 9.17) is 9.05 Å². The van der Waals surface area contributed by atoms with E-state index in [-0.39, 0.29) is 6.42 Å². The van der Waals surface area contributed by atoms with Gasteiger partial charge in [-0.15, -0.1) is 0 Å². The third-order valence-electron chi connectivity index (χ3n) is 11.5. The molecule has 1 fully saturated rings. The van der Waals surface area contributed by atoms with Gasteiger partial charge in [-0.3, -0.25) is 13.8 Å². The molecular formula is C46H88NO12P. The molecule has 0 aromatic rings. The van der Waals surface area contributed by atoms with Gasteiger partial charge in [0.15, 0.2) is 0 Å². The Labute approximate surface area is 363 Å². The van der Waals surface area contributed by atoms with Gasteiger partial charge in [0.2, 0.25) is 5.91 Å². The van der Waals surface area contributed by atoms with Gasteiger partial charge in [-0.05, 0) is 32.1 Å². The van der Waals surface area contributed by atoms with Crippen molar-refractivity contribution in [3.8, 4) is 0 Å². The molecule has 0 spiro atoms. The third kappa shape index (κ3) is 27.8. The number of hydrogen-bond donors (Lipinski definition) is 9. The maximum Gasteiger partial charge on any atom is 0.472 e. The van der Waals surface area contributed by atoms with Crippen LogP contribution in [0, 0.1) is 0 Å². The van der Waals surface area contributed by atoms with Crippen molar-refractivity contribution in [3.63, 3.8) is 0 Å². The first kappa shape index (κ1) is 56.8. The molecule has 0 aromatic heterocycles. The molecule has 1 aliphatic carbocycles. The lowest BCUT2D eigenvalue weighted by Crippen LogP contribution is -2.64. The zero-order valence-corrected chi connectivity index (χ0v) is 38.3. The summed E-state index contributed by atoms with van der Waals surface area (Å²) in [5.41, 5.74) is 0. The highest BCUT2D eigenvalue weighted by molar-refractivity contribution is 7.47. The second kappa shape index (κ2) is 36.2. The molecule has 0 aromatic carbocycles. The van der Waals surface area contributed by atoms with E-state index < -0.39 is 75.2 Å². The van der Waals surface area contributed by atoms with E-state index in [1.807, 2.05) is 0 Å². The Balaban J connectivity index is 2.54. The van der Waals surface area contributed by atoms with Crippen LogP contribution in [0.5, 0.6) is 0 Å². The third-order valence-corrected chi connectivity index (χ3v) is 12.5. The molecule has 0 saturated heterocycles. The number of hydrogen-bond acceptors (Lipinski definition) is 11. The predicted molar refractivity (Wildman–Crippen MR) is 238 cm³/mol. The lowest BCUT2D eigenvalue weighted by Gasteiger charge is -2.41. The van der Waals surface area contributed by atoms with Crippen LogP contribution >= 0.6 is 7.82 Å². The van der Waals surface area contributed by atoms with E-state index in [0.29, 0.717) is 12.8 Å². The number of phosphoric acid groups is 1. The van der Waals surface area contributed by atoms with E-state index in [2.05, 4.69) is 31.3 Å². The summed E-state index contributed by atoms with van der Waals surface area (Å²) in [4.78, 5) is 23.4. The van der Waals surface area contributed by atoms with Crippen molar-refractivity contribution in [2.24, 2.45) is 0 Å². The molecule has 8 unspecified atom stereocenters. The molecule has 8 atom stereocenters. The monoisotopic (exact) mass is 878 g/mol. The summed E-state index contributed by atoms with van der Waals surface area (Å²) in [7, 11) is -5.14. The first-order valence-electron chi connectivity index (χ1n) is 23.9. The normalized spacial score (nSPS) is 23.6. The molecule has 354 valence electrons. The van der Waals surface area contributed by atoms with Crippen molar-refractivity contribution in [1.82, 2.24) is 5.32 Å². The number of nitrogens with one attached hydrogen (secondary N) is 1. The highest BCUT2D eigenvalue weighted by atomic mass is 31.2. The van der Waals surface area contributed by atoms with Crippen molar-refractivity contribution in [3.05, 3.63) is 24.3 Å². The smallest absolute Gasteiger partial charge is 0.393 e. The lowest BCUT2D eigenvalue weighted by molar-refractivity contribution is -0.220. The molecule has 9 N–H and O–H groups in total. The van der Waals surface area contributed by atoms with Gasteiger partial charge in [0, 0.05) is 0 Å². The van der Waals surface area contributed by atoms with Crippen molar-refractivity contribution in [2.75, 3.05) is 6.61 Å². The summed E-state index contributed by atoms with van der Waals surface area (Å²) in [5, 5.41) is 74.4. The van der Waals surface area contributed by atoms with Gasteiger partial charge in [0.25, 0.3) is 0 Å². The largest absolute Gasteiger partial charge is 0.472 e. The lowest BCUT2D eigenvalue weighted by atomic mass is 9.85. The van der Waals surface area contributed by atoms with E-state index >= 15 is 0 Å². The Morgan fingerprint density at radius 3 is 1.47 bits per heavy atom. The minimum Gasteiger partial charge on any atom is -0.393 e. The van der Waals surface area contributed by atoms with Gasteiger partial charge >= 0.3 is 7.82 Å². The minimum absolute atomic E-state index is 0.250. The molecule has 60 heavy (non-hydrogen) atoms. The van der Waals surface area contributed by atoms with Crippen LogP contribution in [0.15, 0.2) is 24.3 Å². The zero-order valence-electron chi connectivity index (χ0n) is 37.4. The standard InChI is InChI=1S/C46H88NO12P/c1-3-5-7-9-11-13-15-16-17-18-19-20-21-22-23-24-26-28-30-32-34-39(49)38(36-58-60(56,57)59-46-44(54)42(52)41(51)43(53)45(46)55)47-40(50)35-37(48)33-31-29-27-25-14-12-10-8-6-4-2/h24,26,32,34,37-39,41-46,48-49,51-55H,3-23,25,27-31,33,35-36H2,1-2H3,(H,47,50)(H,56,57)/b26-24+,34-32+. The highest BCUT2D eigenvalue weighted by Gasteiger charge is 2.51. The van der Waals surface area contributed by atoms with E-state index in [9.17, 15) is 50.0 Å². The quantitative estimate of drug-likeness (QED) is 0.0163. The molecule has 13 nitrogen and oxygen atoms in total. The van der Waals surface area contributed by atoms with Gasteiger partial charge < -0.3 is 46.0 Å². The Hall–Kier alpha value is -1.22. The first-order chi connectivity index (χ1) is 28.8. The Bertz CT molecular complexity index is 1130. The van der Waals surface area contributed by atoms with Gasteiger partial charge in [-0.25, -0.2) is 4.57 Å².